The number of hydrogen-bond acceptors (Lipinski definition) is 5. The SMILES string of the molecule is CCC1CCC2(CC1)NC(=O)N(CC(=O)Nc1cc(S(=O)(=O)N(C)C)cc(C)c1C)C2=O. The molecular weight excluding hydrogens is 432 g/mol. The Morgan fingerprint density at radius 2 is 1.84 bits per heavy atom. The predicted molar refractivity (Wildman–Crippen MR) is 121 cm³/mol. The number of amides is 4. The molecular formula is C22H32N4O5S. The van der Waals surface area contributed by atoms with Crippen LogP contribution in [-0.2, 0) is 19.6 Å². The van der Waals surface area contributed by atoms with E-state index in [9.17, 15) is 22.8 Å². The normalized spacial score (nSPS) is 23.7. The Kier molecular flexibility index (Phi) is 6.67. The van der Waals surface area contributed by atoms with Gasteiger partial charge in [-0.3, -0.25) is 14.5 Å². The molecule has 10 heteroatoms. The third-order valence-electron chi connectivity index (χ3n) is 6.78. The van der Waals surface area contributed by atoms with Gasteiger partial charge in [0, 0.05) is 19.8 Å². The maximum atomic E-state index is 13.0. The first-order chi connectivity index (χ1) is 14.9. The second-order valence-corrected chi connectivity index (χ2v) is 11.2. The van der Waals surface area contributed by atoms with Gasteiger partial charge in [0.05, 0.1) is 4.90 Å². The number of hydrogen-bond donors (Lipinski definition) is 2. The highest BCUT2D eigenvalue weighted by atomic mass is 32.2. The number of aryl methyl sites for hydroxylation is 1. The molecule has 1 saturated carbocycles. The van der Waals surface area contributed by atoms with Gasteiger partial charge in [-0.2, -0.15) is 0 Å². The number of sulfonamides is 1. The molecule has 32 heavy (non-hydrogen) atoms. The first kappa shape index (κ1) is 24.2. The molecule has 0 radical (unpaired) electrons. The third kappa shape index (κ3) is 4.38. The maximum Gasteiger partial charge on any atom is 0.325 e. The van der Waals surface area contributed by atoms with Gasteiger partial charge in [-0.25, -0.2) is 17.5 Å². The van der Waals surface area contributed by atoms with Crippen LogP contribution in [0.25, 0.3) is 0 Å². The summed E-state index contributed by atoms with van der Waals surface area (Å²) in [6.07, 6.45) is 3.95. The molecule has 1 aromatic rings. The quantitative estimate of drug-likeness (QED) is 0.627. The number of nitrogens with one attached hydrogen (secondary N) is 2. The molecule has 176 valence electrons. The summed E-state index contributed by atoms with van der Waals surface area (Å²) in [7, 11) is -0.817. The van der Waals surface area contributed by atoms with Gasteiger partial charge in [0.15, 0.2) is 0 Å². The van der Waals surface area contributed by atoms with Crippen LogP contribution in [0.3, 0.4) is 0 Å². The highest BCUT2D eigenvalue weighted by Gasteiger charge is 2.52. The number of nitrogens with zero attached hydrogens (tertiary/aromatic N) is 2. The van der Waals surface area contributed by atoms with Crippen LogP contribution in [0.15, 0.2) is 17.0 Å². The lowest BCUT2D eigenvalue weighted by molar-refractivity contribution is -0.135. The lowest BCUT2D eigenvalue weighted by Crippen LogP contribution is -2.49. The van der Waals surface area contributed by atoms with E-state index in [0.29, 0.717) is 35.6 Å². The molecule has 9 nitrogen and oxygen atoms in total. The number of imide groups is 1. The van der Waals surface area contributed by atoms with Crippen molar-refractivity contribution in [3.8, 4) is 0 Å². The first-order valence-electron chi connectivity index (χ1n) is 10.9. The Hall–Kier alpha value is -2.46. The van der Waals surface area contributed by atoms with Crippen molar-refractivity contribution >= 4 is 33.6 Å². The summed E-state index contributed by atoms with van der Waals surface area (Å²) in [6, 6.07) is 2.39. The van der Waals surface area contributed by atoms with Crippen LogP contribution in [-0.4, -0.2) is 61.6 Å². The third-order valence-corrected chi connectivity index (χ3v) is 8.57. The second-order valence-electron chi connectivity index (χ2n) is 9.00. The molecule has 3 rings (SSSR count). The molecule has 1 aromatic carbocycles. The maximum absolute atomic E-state index is 13.0. The zero-order chi connectivity index (χ0) is 23.8. The van der Waals surface area contributed by atoms with Crippen molar-refractivity contribution in [2.45, 2.75) is 63.3 Å². The molecule has 2 fully saturated rings. The fraction of sp³-hybridized carbons (Fsp3) is 0.591. The van der Waals surface area contributed by atoms with E-state index in [2.05, 4.69) is 17.6 Å². The van der Waals surface area contributed by atoms with Crippen LogP contribution in [0.1, 0.15) is 50.2 Å². The predicted octanol–water partition coefficient (Wildman–Crippen LogP) is 2.38. The van der Waals surface area contributed by atoms with Gasteiger partial charge in [0.2, 0.25) is 15.9 Å². The number of benzene rings is 1. The van der Waals surface area contributed by atoms with Gasteiger partial charge in [0.25, 0.3) is 5.91 Å². The monoisotopic (exact) mass is 464 g/mol. The molecule has 0 unspecified atom stereocenters. The first-order valence-corrected chi connectivity index (χ1v) is 12.3. The van der Waals surface area contributed by atoms with E-state index in [0.717, 1.165) is 28.5 Å². The second kappa shape index (κ2) is 8.82. The molecule has 0 aromatic heterocycles. The summed E-state index contributed by atoms with van der Waals surface area (Å²) < 4.78 is 26.1. The molecule has 1 saturated heterocycles. The lowest BCUT2D eigenvalue weighted by Gasteiger charge is -2.34. The van der Waals surface area contributed by atoms with Gasteiger partial charge >= 0.3 is 6.03 Å². The van der Waals surface area contributed by atoms with Crippen LogP contribution in [0.2, 0.25) is 0 Å². The molecule has 0 bridgehead atoms. The minimum atomic E-state index is -3.69. The van der Waals surface area contributed by atoms with Crippen molar-refractivity contribution in [2.75, 3.05) is 26.0 Å². The Morgan fingerprint density at radius 3 is 2.41 bits per heavy atom. The average molecular weight is 465 g/mol. The molecule has 1 spiro atoms. The highest BCUT2D eigenvalue weighted by molar-refractivity contribution is 7.89. The van der Waals surface area contributed by atoms with Crippen LogP contribution in [0.5, 0.6) is 0 Å². The van der Waals surface area contributed by atoms with Crippen LogP contribution in [0.4, 0.5) is 10.5 Å². The number of carbonyl (C=O) groups excluding carboxylic acids is 3. The zero-order valence-electron chi connectivity index (χ0n) is 19.3. The van der Waals surface area contributed by atoms with Crippen molar-refractivity contribution in [1.82, 2.24) is 14.5 Å². The highest BCUT2D eigenvalue weighted by Crippen LogP contribution is 2.37. The summed E-state index contributed by atoms with van der Waals surface area (Å²) in [5.74, 6) is -0.363. The van der Waals surface area contributed by atoms with Gasteiger partial charge in [-0.1, -0.05) is 13.3 Å². The number of anilines is 1. The minimum absolute atomic E-state index is 0.0579. The van der Waals surface area contributed by atoms with E-state index in [1.54, 1.807) is 19.9 Å². The molecule has 1 aliphatic carbocycles. The van der Waals surface area contributed by atoms with Gasteiger partial charge in [0.1, 0.15) is 12.1 Å². The zero-order valence-corrected chi connectivity index (χ0v) is 20.1. The summed E-state index contributed by atoms with van der Waals surface area (Å²) >= 11 is 0. The molecule has 1 heterocycles. The molecule has 2 aliphatic rings. The minimum Gasteiger partial charge on any atom is -0.324 e. The van der Waals surface area contributed by atoms with Crippen molar-refractivity contribution in [2.24, 2.45) is 5.92 Å². The van der Waals surface area contributed by atoms with Crippen molar-refractivity contribution in [3.05, 3.63) is 23.3 Å². The Balaban J connectivity index is 1.76. The molecule has 1 aliphatic heterocycles. The van der Waals surface area contributed by atoms with Crippen molar-refractivity contribution < 1.29 is 22.8 Å². The van der Waals surface area contributed by atoms with Crippen LogP contribution < -0.4 is 10.6 Å². The van der Waals surface area contributed by atoms with E-state index in [4.69, 9.17) is 0 Å². The summed E-state index contributed by atoms with van der Waals surface area (Å²) in [5, 5.41) is 5.50. The summed E-state index contributed by atoms with van der Waals surface area (Å²) in [4.78, 5) is 39.3. The van der Waals surface area contributed by atoms with E-state index < -0.39 is 34.0 Å². The Labute approximate surface area is 189 Å². The van der Waals surface area contributed by atoms with Gasteiger partial charge in [-0.05, 0) is 68.7 Å². The van der Waals surface area contributed by atoms with E-state index >= 15 is 0 Å². The molecule has 0 atom stereocenters. The summed E-state index contributed by atoms with van der Waals surface area (Å²) in [5.41, 5.74) is 0.836. The smallest absolute Gasteiger partial charge is 0.324 e. The largest absolute Gasteiger partial charge is 0.325 e. The van der Waals surface area contributed by atoms with E-state index in [1.165, 1.54) is 20.2 Å². The average Bonchev–Trinajstić information content (AvgIpc) is 2.95. The number of urea groups is 1. The fourth-order valence-electron chi connectivity index (χ4n) is 4.39. The standard InChI is InChI=1S/C22H32N4O5S/c1-6-16-7-9-22(10-8-16)20(28)26(21(29)24-22)13-19(27)23-18-12-17(11-14(2)15(18)3)32(30,31)25(4)5/h11-12,16H,6-10,13H2,1-5H3,(H,23,27)(H,24,29). The molecule has 2 N–H and O–H groups in total. The fourth-order valence-corrected chi connectivity index (χ4v) is 5.40. The topological polar surface area (TPSA) is 116 Å². The van der Waals surface area contributed by atoms with E-state index in [-0.39, 0.29) is 10.8 Å². The Bertz CT molecular complexity index is 1040. The van der Waals surface area contributed by atoms with Crippen LogP contribution in [0, 0.1) is 19.8 Å². The van der Waals surface area contributed by atoms with E-state index in [1.807, 2.05) is 0 Å². The van der Waals surface area contributed by atoms with Gasteiger partial charge < -0.3 is 10.6 Å². The van der Waals surface area contributed by atoms with Crippen molar-refractivity contribution in [3.63, 3.8) is 0 Å². The Morgan fingerprint density at radius 1 is 1.22 bits per heavy atom. The van der Waals surface area contributed by atoms with Gasteiger partial charge in [-0.15, -0.1) is 0 Å². The summed E-state index contributed by atoms with van der Waals surface area (Å²) in [6.45, 7) is 5.23. The van der Waals surface area contributed by atoms with Crippen molar-refractivity contribution in [1.29, 1.82) is 0 Å². The van der Waals surface area contributed by atoms with Crippen LogP contribution >= 0.6 is 0 Å². The lowest BCUT2D eigenvalue weighted by atomic mass is 9.75. The number of carbonyl (C=O) groups is 3. The number of rotatable bonds is 6. The molecule has 4 amide bonds.